The number of aryl methyl sites for hydroxylation is 3. The first-order valence-corrected chi connectivity index (χ1v) is 6.73. The van der Waals surface area contributed by atoms with Gasteiger partial charge in [-0.05, 0) is 49.2 Å². The monoisotopic (exact) mass is 266 g/mol. The molecule has 1 nitrogen and oxygen atoms in total. The highest BCUT2D eigenvalue weighted by molar-refractivity contribution is 5.77. The Morgan fingerprint density at radius 3 is 2.25 bits per heavy atom. The van der Waals surface area contributed by atoms with Crippen molar-refractivity contribution in [2.24, 2.45) is 7.05 Å². The molecule has 1 heterocycles. The Labute approximate surface area is 118 Å². The molecule has 100 valence electrons. The predicted octanol–water partition coefficient (Wildman–Crippen LogP) is 4.09. The molecule has 0 fully saturated rings. The van der Waals surface area contributed by atoms with Crippen LogP contribution >= 0.6 is 0 Å². The average Bonchev–Trinajstić information content (AvgIpc) is 2.45. The zero-order valence-electron chi connectivity index (χ0n) is 11.9. The van der Waals surface area contributed by atoms with Crippen LogP contribution in [-0.2, 0) is 7.05 Å². The van der Waals surface area contributed by atoms with E-state index in [1.807, 2.05) is 45.2 Å². The van der Waals surface area contributed by atoms with E-state index in [-0.39, 0.29) is 5.82 Å². The van der Waals surface area contributed by atoms with E-state index in [4.69, 9.17) is 0 Å². The van der Waals surface area contributed by atoms with E-state index in [1.165, 1.54) is 10.9 Å². The lowest BCUT2D eigenvalue weighted by Gasteiger charge is -2.07. The summed E-state index contributed by atoms with van der Waals surface area (Å²) in [6.45, 7) is 3.62. The van der Waals surface area contributed by atoms with E-state index in [1.54, 1.807) is 0 Å². The van der Waals surface area contributed by atoms with Crippen LogP contribution in [0.2, 0.25) is 0 Å². The van der Waals surface area contributed by atoms with Gasteiger partial charge < -0.3 is 0 Å². The average molecular weight is 266 g/mol. The highest BCUT2D eigenvalue weighted by Gasteiger charge is 2.15. The first-order chi connectivity index (χ1) is 9.58. The van der Waals surface area contributed by atoms with Gasteiger partial charge >= 0.3 is 0 Å². The first-order valence-electron chi connectivity index (χ1n) is 6.73. The number of rotatable bonds is 1. The van der Waals surface area contributed by atoms with Crippen molar-refractivity contribution in [3.05, 3.63) is 65.5 Å². The second-order valence-electron chi connectivity index (χ2n) is 5.26. The fraction of sp³-hybridized carbons (Fsp3) is 0.167. The third-order valence-corrected chi connectivity index (χ3v) is 3.81. The lowest BCUT2D eigenvalue weighted by Crippen LogP contribution is -2.31. The number of halogens is 1. The van der Waals surface area contributed by atoms with E-state index >= 15 is 0 Å². The third-order valence-electron chi connectivity index (χ3n) is 3.81. The second-order valence-corrected chi connectivity index (χ2v) is 5.26. The van der Waals surface area contributed by atoms with Crippen molar-refractivity contribution in [1.82, 2.24) is 0 Å². The third kappa shape index (κ3) is 1.97. The van der Waals surface area contributed by atoms with E-state index < -0.39 is 0 Å². The summed E-state index contributed by atoms with van der Waals surface area (Å²) in [4.78, 5) is 0. The van der Waals surface area contributed by atoms with Gasteiger partial charge in [0, 0.05) is 23.1 Å². The van der Waals surface area contributed by atoms with Crippen LogP contribution in [0.3, 0.4) is 0 Å². The van der Waals surface area contributed by atoms with Gasteiger partial charge in [0.2, 0.25) is 11.2 Å². The summed E-state index contributed by atoms with van der Waals surface area (Å²) in [6, 6.07) is 16.3. The molecule has 0 atom stereocenters. The highest BCUT2D eigenvalue weighted by Crippen LogP contribution is 2.23. The molecule has 0 radical (unpaired) electrons. The molecule has 0 amide bonds. The van der Waals surface area contributed by atoms with Crippen LogP contribution in [0.15, 0.2) is 48.5 Å². The Bertz CT molecular complexity index is 783. The van der Waals surface area contributed by atoms with Crippen molar-refractivity contribution in [2.45, 2.75) is 13.8 Å². The number of benzene rings is 2. The number of aromatic nitrogens is 1. The van der Waals surface area contributed by atoms with Crippen molar-refractivity contribution >= 4 is 10.9 Å². The van der Waals surface area contributed by atoms with Gasteiger partial charge in [-0.25, -0.2) is 4.39 Å². The van der Waals surface area contributed by atoms with Gasteiger partial charge in [0.15, 0.2) is 0 Å². The van der Waals surface area contributed by atoms with Crippen LogP contribution < -0.4 is 4.57 Å². The van der Waals surface area contributed by atoms with Gasteiger partial charge in [-0.2, -0.15) is 4.57 Å². The summed E-state index contributed by atoms with van der Waals surface area (Å²) in [7, 11) is 2.05. The summed E-state index contributed by atoms with van der Waals surface area (Å²) in [5.41, 5.74) is 4.69. The van der Waals surface area contributed by atoms with Crippen LogP contribution in [0, 0.1) is 19.7 Å². The fourth-order valence-corrected chi connectivity index (χ4v) is 2.73. The first kappa shape index (κ1) is 12.8. The molecule has 3 aromatic rings. The topological polar surface area (TPSA) is 3.88 Å². The number of para-hydroxylation sites is 1. The van der Waals surface area contributed by atoms with E-state index in [9.17, 15) is 4.39 Å². The minimum atomic E-state index is -0.114. The maximum Gasteiger partial charge on any atom is 0.212 e. The van der Waals surface area contributed by atoms with Gasteiger partial charge in [-0.3, -0.25) is 0 Å². The lowest BCUT2D eigenvalue weighted by molar-refractivity contribution is -0.633. The number of nitrogens with zero attached hydrogens (tertiary/aromatic N) is 1. The molecular weight excluding hydrogens is 249 g/mol. The Morgan fingerprint density at radius 2 is 1.55 bits per heavy atom. The molecule has 0 aliphatic heterocycles. The molecular formula is C18H17FN+. The molecule has 0 aliphatic rings. The van der Waals surface area contributed by atoms with E-state index in [0.29, 0.717) is 11.1 Å². The number of hydrogen-bond donors (Lipinski definition) is 0. The zero-order chi connectivity index (χ0) is 14.3. The Kier molecular flexibility index (Phi) is 3.01. The molecule has 0 spiro atoms. The SMILES string of the molecule is Cc1cc(-c2ccc3ccccc3[n+]2C)cc(C)c1F. The molecule has 2 heteroatoms. The van der Waals surface area contributed by atoms with Gasteiger partial charge in [-0.15, -0.1) is 0 Å². The molecule has 1 aromatic heterocycles. The van der Waals surface area contributed by atoms with Crippen LogP contribution in [-0.4, -0.2) is 0 Å². The summed E-state index contributed by atoms with van der Waals surface area (Å²) < 4.78 is 15.9. The van der Waals surface area contributed by atoms with Crippen molar-refractivity contribution in [2.75, 3.05) is 0 Å². The van der Waals surface area contributed by atoms with Gasteiger partial charge in [0.25, 0.3) is 0 Å². The Balaban J connectivity index is 2.27. The minimum absolute atomic E-state index is 0.114. The summed E-state index contributed by atoms with van der Waals surface area (Å²) in [6.07, 6.45) is 0. The molecule has 0 saturated heterocycles. The molecule has 3 rings (SSSR count). The lowest BCUT2D eigenvalue weighted by atomic mass is 10.0. The summed E-state index contributed by atoms with van der Waals surface area (Å²) in [5.74, 6) is -0.114. The zero-order valence-corrected chi connectivity index (χ0v) is 11.9. The maximum atomic E-state index is 13.8. The van der Waals surface area contributed by atoms with Gasteiger partial charge in [-0.1, -0.05) is 12.1 Å². The van der Waals surface area contributed by atoms with Crippen molar-refractivity contribution in [3.8, 4) is 11.3 Å². The molecule has 0 unspecified atom stereocenters. The largest absolute Gasteiger partial charge is 0.212 e. The van der Waals surface area contributed by atoms with Crippen LogP contribution in [0.5, 0.6) is 0 Å². The number of pyridine rings is 1. The Morgan fingerprint density at radius 1 is 0.900 bits per heavy atom. The Hall–Kier alpha value is -2.22. The standard InChI is InChI=1S/C18H17FN/c1-12-10-15(11-13(2)18(12)19)17-9-8-14-6-4-5-7-16(14)20(17)3/h4-11H,1-3H3/q+1. The highest BCUT2D eigenvalue weighted by atomic mass is 19.1. The second kappa shape index (κ2) is 4.71. The van der Waals surface area contributed by atoms with Crippen LogP contribution in [0.1, 0.15) is 11.1 Å². The van der Waals surface area contributed by atoms with E-state index in [2.05, 4.69) is 28.8 Å². The molecule has 20 heavy (non-hydrogen) atoms. The predicted molar refractivity (Wildman–Crippen MR) is 80.0 cm³/mol. The smallest absolute Gasteiger partial charge is 0.206 e. The van der Waals surface area contributed by atoms with Crippen LogP contribution in [0.4, 0.5) is 4.39 Å². The number of fused-ring (bicyclic) bond motifs is 1. The van der Waals surface area contributed by atoms with Crippen molar-refractivity contribution in [1.29, 1.82) is 0 Å². The van der Waals surface area contributed by atoms with Gasteiger partial charge in [0.05, 0.1) is 0 Å². The summed E-state index contributed by atoms with van der Waals surface area (Å²) >= 11 is 0. The normalized spacial score (nSPS) is 11.0. The van der Waals surface area contributed by atoms with Crippen LogP contribution in [0.25, 0.3) is 22.2 Å². The summed E-state index contributed by atoms with van der Waals surface area (Å²) in [5, 5.41) is 1.20. The molecule has 0 saturated carbocycles. The maximum absolute atomic E-state index is 13.8. The molecule has 2 aromatic carbocycles. The minimum Gasteiger partial charge on any atom is -0.206 e. The van der Waals surface area contributed by atoms with E-state index in [0.717, 1.165) is 11.3 Å². The number of hydrogen-bond acceptors (Lipinski definition) is 0. The van der Waals surface area contributed by atoms with Crippen molar-refractivity contribution < 1.29 is 8.96 Å². The quantitative estimate of drug-likeness (QED) is 0.584. The molecule has 0 aliphatic carbocycles. The van der Waals surface area contributed by atoms with Gasteiger partial charge in [0.1, 0.15) is 12.9 Å². The molecule has 0 bridgehead atoms. The van der Waals surface area contributed by atoms with Crippen molar-refractivity contribution in [3.63, 3.8) is 0 Å². The molecule has 0 N–H and O–H groups in total. The fourth-order valence-electron chi connectivity index (χ4n) is 2.73.